The fourth-order valence-corrected chi connectivity index (χ4v) is 1.68. The second-order valence-electron chi connectivity index (χ2n) is 3.86. The summed E-state index contributed by atoms with van der Waals surface area (Å²) in [5, 5.41) is 7.75. The van der Waals surface area contributed by atoms with E-state index in [2.05, 4.69) is 20.2 Å². The summed E-state index contributed by atoms with van der Waals surface area (Å²) in [6, 6.07) is 11.4. The Labute approximate surface area is 103 Å². The third-order valence-electron chi connectivity index (χ3n) is 2.59. The van der Waals surface area contributed by atoms with E-state index in [-0.39, 0.29) is 0 Å². The van der Waals surface area contributed by atoms with Gasteiger partial charge in [0.2, 0.25) is 0 Å². The van der Waals surface area contributed by atoms with E-state index in [1.807, 2.05) is 36.4 Å². The van der Waals surface area contributed by atoms with Crippen LogP contribution in [0.4, 0.5) is 5.69 Å². The predicted octanol–water partition coefficient (Wildman–Crippen LogP) is 1.99. The normalized spacial score (nSPS) is 11.9. The predicted molar refractivity (Wildman–Crippen MR) is 70.7 cm³/mol. The molecule has 2 aromatic heterocycles. The molecule has 3 aromatic rings. The van der Waals surface area contributed by atoms with E-state index in [1.54, 1.807) is 12.4 Å². The topological polar surface area (TPSA) is 80.0 Å². The minimum absolute atomic E-state index is 0.393. The molecule has 0 spiro atoms. The molecule has 0 aliphatic carbocycles. The molecule has 0 radical (unpaired) electrons. The highest BCUT2D eigenvalue weighted by Gasteiger charge is 2.03. The molecule has 0 bridgehead atoms. The largest absolute Gasteiger partial charge is 0.382 e. The van der Waals surface area contributed by atoms with Crippen LogP contribution in [0.3, 0.4) is 0 Å². The first-order valence-corrected chi connectivity index (χ1v) is 5.51. The van der Waals surface area contributed by atoms with Crippen molar-refractivity contribution >= 4 is 22.4 Å². The van der Waals surface area contributed by atoms with Crippen LogP contribution < -0.4 is 5.73 Å². The van der Waals surface area contributed by atoms with E-state index in [4.69, 9.17) is 5.73 Å². The first-order valence-electron chi connectivity index (χ1n) is 5.51. The minimum Gasteiger partial charge on any atom is -0.382 e. The van der Waals surface area contributed by atoms with E-state index in [0.717, 1.165) is 16.6 Å². The van der Waals surface area contributed by atoms with Crippen molar-refractivity contribution in [1.82, 2.24) is 15.2 Å². The average molecular weight is 237 g/mol. The Morgan fingerprint density at radius 2 is 2.00 bits per heavy atom. The second kappa shape index (κ2) is 4.29. The van der Waals surface area contributed by atoms with Gasteiger partial charge in [0.05, 0.1) is 23.6 Å². The van der Waals surface area contributed by atoms with Gasteiger partial charge < -0.3 is 5.73 Å². The van der Waals surface area contributed by atoms with E-state index >= 15 is 0 Å². The Kier molecular flexibility index (Phi) is 2.49. The van der Waals surface area contributed by atoms with Crippen molar-refractivity contribution in [3.63, 3.8) is 0 Å². The number of aromatic amines is 1. The van der Waals surface area contributed by atoms with Gasteiger partial charge in [-0.3, -0.25) is 10.1 Å². The number of amidine groups is 1. The van der Waals surface area contributed by atoms with Gasteiger partial charge in [0.25, 0.3) is 0 Å². The summed E-state index contributed by atoms with van der Waals surface area (Å²) >= 11 is 0. The molecule has 5 nitrogen and oxygen atoms in total. The highest BCUT2D eigenvalue weighted by Crippen LogP contribution is 2.13. The molecule has 5 heteroatoms. The number of hydrogen-bond acceptors (Lipinski definition) is 3. The molecule has 1 aromatic carbocycles. The van der Waals surface area contributed by atoms with Gasteiger partial charge in [0, 0.05) is 5.39 Å². The van der Waals surface area contributed by atoms with Crippen molar-refractivity contribution in [3.05, 3.63) is 54.5 Å². The first kappa shape index (κ1) is 10.5. The highest BCUT2D eigenvalue weighted by atomic mass is 15.1. The van der Waals surface area contributed by atoms with Gasteiger partial charge in [-0.2, -0.15) is 5.10 Å². The molecule has 0 fully saturated rings. The second-order valence-corrected chi connectivity index (χ2v) is 3.86. The fraction of sp³-hybridized carbons (Fsp3) is 0. The quantitative estimate of drug-likeness (QED) is 0.528. The first-order chi connectivity index (χ1) is 8.83. The summed E-state index contributed by atoms with van der Waals surface area (Å²) in [6.07, 6.45) is 3.43. The van der Waals surface area contributed by atoms with Gasteiger partial charge in [0.1, 0.15) is 11.5 Å². The SMILES string of the molecule is NC(=Nc1ccccc1)c1cc2cn[nH]c2cn1. The monoisotopic (exact) mass is 237 g/mol. The van der Waals surface area contributed by atoms with Crippen molar-refractivity contribution in [2.24, 2.45) is 10.7 Å². The Balaban J connectivity index is 2.01. The number of nitrogens with one attached hydrogen (secondary N) is 1. The lowest BCUT2D eigenvalue weighted by Crippen LogP contribution is -2.14. The lowest BCUT2D eigenvalue weighted by Gasteiger charge is -2.00. The molecular weight excluding hydrogens is 226 g/mol. The van der Waals surface area contributed by atoms with Crippen LogP contribution in [0.15, 0.2) is 53.8 Å². The molecule has 0 atom stereocenters. The summed E-state index contributed by atoms with van der Waals surface area (Å²) < 4.78 is 0. The van der Waals surface area contributed by atoms with E-state index in [1.165, 1.54) is 0 Å². The average Bonchev–Trinajstić information content (AvgIpc) is 2.87. The van der Waals surface area contributed by atoms with Crippen LogP contribution in [0, 0.1) is 0 Å². The maximum absolute atomic E-state index is 5.94. The number of para-hydroxylation sites is 1. The van der Waals surface area contributed by atoms with Gasteiger partial charge in [-0.15, -0.1) is 0 Å². The van der Waals surface area contributed by atoms with Gasteiger partial charge in [0.15, 0.2) is 0 Å². The molecule has 2 heterocycles. The summed E-state index contributed by atoms with van der Waals surface area (Å²) in [6.45, 7) is 0. The molecular formula is C13H11N5. The van der Waals surface area contributed by atoms with Crippen LogP contribution in [0.2, 0.25) is 0 Å². The zero-order valence-electron chi connectivity index (χ0n) is 9.54. The van der Waals surface area contributed by atoms with Crippen molar-refractivity contribution in [3.8, 4) is 0 Å². The molecule has 0 saturated heterocycles. The van der Waals surface area contributed by atoms with Crippen molar-refractivity contribution < 1.29 is 0 Å². The third kappa shape index (κ3) is 1.93. The number of aliphatic imine (C=N–C) groups is 1. The number of benzene rings is 1. The molecule has 18 heavy (non-hydrogen) atoms. The molecule has 3 N–H and O–H groups in total. The Morgan fingerprint density at radius 3 is 2.83 bits per heavy atom. The van der Waals surface area contributed by atoms with Gasteiger partial charge >= 0.3 is 0 Å². The molecule has 0 amide bonds. The maximum Gasteiger partial charge on any atom is 0.150 e. The maximum atomic E-state index is 5.94. The van der Waals surface area contributed by atoms with Crippen LogP contribution >= 0.6 is 0 Å². The molecule has 0 unspecified atom stereocenters. The third-order valence-corrected chi connectivity index (χ3v) is 2.59. The summed E-state index contributed by atoms with van der Waals surface area (Å²) in [7, 11) is 0. The van der Waals surface area contributed by atoms with Gasteiger partial charge in [-0.25, -0.2) is 4.99 Å². The van der Waals surface area contributed by atoms with E-state index < -0.39 is 0 Å². The van der Waals surface area contributed by atoms with E-state index in [0.29, 0.717) is 11.5 Å². The molecule has 3 rings (SSSR count). The number of H-pyrrole nitrogens is 1. The van der Waals surface area contributed by atoms with Crippen LogP contribution in [-0.4, -0.2) is 21.0 Å². The Morgan fingerprint density at radius 1 is 1.17 bits per heavy atom. The number of nitrogens with two attached hydrogens (primary N) is 1. The van der Waals surface area contributed by atoms with Crippen molar-refractivity contribution in [1.29, 1.82) is 0 Å². The number of aromatic nitrogens is 3. The molecule has 0 aliphatic rings. The standard InChI is InChI=1S/C13H11N5/c14-13(17-10-4-2-1-3-5-10)11-6-9-7-16-18-12(9)8-15-11/h1-8H,(H2,14,17)(H,16,18). The number of nitrogens with zero attached hydrogens (tertiary/aromatic N) is 3. The summed E-state index contributed by atoms with van der Waals surface area (Å²) in [4.78, 5) is 8.57. The minimum atomic E-state index is 0.393. The number of hydrogen-bond donors (Lipinski definition) is 2. The fourth-order valence-electron chi connectivity index (χ4n) is 1.68. The van der Waals surface area contributed by atoms with Crippen molar-refractivity contribution in [2.45, 2.75) is 0 Å². The van der Waals surface area contributed by atoms with E-state index in [9.17, 15) is 0 Å². The molecule has 88 valence electrons. The Bertz CT molecular complexity index is 699. The Hall–Kier alpha value is -2.69. The lowest BCUT2D eigenvalue weighted by molar-refractivity contribution is 1.11. The van der Waals surface area contributed by atoms with Crippen molar-refractivity contribution in [2.75, 3.05) is 0 Å². The zero-order valence-corrected chi connectivity index (χ0v) is 9.54. The van der Waals surface area contributed by atoms with Gasteiger partial charge in [-0.05, 0) is 18.2 Å². The van der Waals surface area contributed by atoms with Crippen LogP contribution in [0.5, 0.6) is 0 Å². The zero-order chi connectivity index (χ0) is 12.4. The smallest absolute Gasteiger partial charge is 0.150 e. The summed E-state index contributed by atoms with van der Waals surface area (Å²) in [5.74, 6) is 0.393. The van der Waals surface area contributed by atoms with Crippen LogP contribution in [-0.2, 0) is 0 Å². The van der Waals surface area contributed by atoms with Gasteiger partial charge in [-0.1, -0.05) is 18.2 Å². The van der Waals surface area contributed by atoms with Crippen LogP contribution in [0.25, 0.3) is 10.9 Å². The summed E-state index contributed by atoms with van der Waals surface area (Å²) in [5.41, 5.74) is 8.28. The number of rotatable bonds is 2. The van der Waals surface area contributed by atoms with Crippen LogP contribution in [0.1, 0.15) is 5.69 Å². The lowest BCUT2D eigenvalue weighted by atomic mass is 10.2. The number of fused-ring (bicyclic) bond motifs is 1. The highest BCUT2D eigenvalue weighted by molar-refractivity contribution is 5.99. The molecule has 0 saturated carbocycles. The number of pyridine rings is 1. The molecule has 0 aliphatic heterocycles.